The van der Waals surface area contributed by atoms with Crippen molar-refractivity contribution in [3.63, 3.8) is 0 Å². The van der Waals surface area contributed by atoms with Gasteiger partial charge in [0.1, 0.15) is 0 Å². The second-order valence-electron chi connectivity index (χ2n) is 8.81. The van der Waals surface area contributed by atoms with Gasteiger partial charge in [-0.2, -0.15) is 0 Å². The molecule has 5 nitrogen and oxygen atoms in total. The maximum Gasteiger partial charge on any atom is 0.224 e. The Labute approximate surface area is 207 Å². The number of ketones is 1. The standard InChI is InChI=1S/C27H32ClNO4S/c1-2-3-9-22(18-19-34(32,33)23-10-5-4-6-11-23)29-27(31)25-13-8-7-12-24(25)26(30)20-14-16-21(28)17-15-20/h4-6,10-11,14-19,22,24-25H,2-3,7-9,12-13H2,1H3,(H,29,31). The van der Waals surface area contributed by atoms with Crippen LogP contribution in [-0.4, -0.2) is 26.2 Å². The van der Waals surface area contributed by atoms with Gasteiger partial charge in [-0.05, 0) is 55.7 Å². The van der Waals surface area contributed by atoms with E-state index in [4.69, 9.17) is 11.6 Å². The SMILES string of the molecule is CCCCC(C=CS(=O)(=O)c1ccccc1)NC(=O)C1CCCCC1C(=O)c1ccc(Cl)cc1. The number of unbranched alkanes of at least 4 members (excludes halogenated alkanes) is 1. The zero-order valence-electron chi connectivity index (χ0n) is 19.5. The molecule has 3 rings (SSSR count). The van der Waals surface area contributed by atoms with E-state index in [1.807, 2.05) is 6.92 Å². The molecule has 1 aliphatic rings. The molecule has 1 fully saturated rings. The van der Waals surface area contributed by atoms with Gasteiger partial charge in [0.05, 0.1) is 4.90 Å². The van der Waals surface area contributed by atoms with Crippen LogP contribution in [0.4, 0.5) is 0 Å². The van der Waals surface area contributed by atoms with E-state index in [-0.39, 0.29) is 16.6 Å². The van der Waals surface area contributed by atoms with E-state index < -0.39 is 27.7 Å². The maximum absolute atomic E-state index is 13.3. The van der Waals surface area contributed by atoms with Crippen molar-refractivity contribution in [1.29, 1.82) is 0 Å². The minimum absolute atomic E-state index is 0.0381. The summed E-state index contributed by atoms with van der Waals surface area (Å²) >= 11 is 5.96. The summed E-state index contributed by atoms with van der Waals surface area (Å²) in [6, 6.07) is 14.6. The van der Waals surface area contributed by atoms with E-state index in [1.165, 1.54) is 5.41 Å². The highest BCUT2D eigenvalue weighted by atomic mass is 35.5. The number of Topliss-reactive ketones (excluding diaryl/α,β-unsaturated/α-hetero) is 1. The number of benzene rings is 2. The summed E-state index contributed by atoms with van der Waals surface area (Å²) in [4.78, 5) is 26.7. The third-order valence-corrected chi connectivity index (χ3v) is 8.02. The fraction of sp³-hybridized carbons (Fsp3) is 0.407. The number of carbonyl (C=O) groups excluding carboxylic acids is 2. The van der Waals surface area contributed by atoms with Crippen LogP contribution in [0.1, 0.15) is 62.2 Å². The van der Waals surface area contributed by atoms with E-state index in [0.29, 0.717) is 29.8 Å². The van der Waals surface area contributed by atoms with Crippen molar-refractivity contribution in [3.05, 3.63) is 76.7 Å². The first-order chi connectivity index (χ1) is 16.3. The lowest BCUT2D eigenvalue weighted by Crippen LogP contribution is -2.43. The van der Waals surface area contributed by atoms with E-state index in [9.17, 15) is 18.0 Å². The van der Waals surface area contributed by atoms with Gasteiger partial charge < -0.3 is 5.32 Å². The third kappa shape index (κ3) is 7.03. The molecule has 0 heterocycles. The van der Waals surface area contributed by atoms with Crippen LogP contribution < -0.4 is 5.32 Å². The van der Waals surface area contributed by atoms with E-state index in [1.54, 1.807) is 60.7 Å². The summed E-state index contributed by atoms with van der Waals surface area (Å²) in [5.41, 5.74) is 0.561. The average molecular weight is 502 g/mol. The van der Waals surface area contributed by atoms with Crippen molar-refractivity contribution in [3.8, 4) is 0 Å². The smallest absolute Gasteiger partial charge is 0.224 e. The minimum atomic E-state index is -3.60. The van der Waals surface area contributed by atoms with Crippen molar-refractivity contribution >= 4 is 33.1 Å². The number of carbonyl (C=O) groups is 2. The highest BCUT2D eigenvalue weighted by Gasteiger charge is 2.36. The summed E-state index contributed by atoms with van der Waals surface area (Å²) in [6.45, 7) is 2.05. The largest absolute Gasteiger partial charge is 0.350 e. The van der Waals surface area contributed by atoms with Gasteiger partial charge in [-0.3, -0.25) is 9.59 Å². The zero-order chi connectivity index (χ0) is 24.6. The first-order valence-corrected chi connectivity index (χ1v) is 13.8. The second kappa shape index (κ2) is 12.3. The monoisotopic (exact) mass is 501 g/mol. The molecular weight excluding hydrogens is 470 g/mol. The summed E-state index contributed by atoms with van der Waals surface area (Å²) < 4.78 is 25.3. The molecule has 182 valence electrons. The van der Waals surface area contributed by atoms with Crippen LogP contribution in [-0.2, 0) is 14.6 Å². The maximum atomic E-state index is 13.3. The van der Waals surface area contributed by atoms with E-state index >= 15 is 0 Å². The lowest BCUT2D eigenvalue weighted by Gasteiger charge is -2.30. The molecule has 7 heteroatoms. The van der Waals surface area contributed by atoms with Gasteiger partial charge in [0, 0.05) is 33.9 Å². The second-order valence-corrected chi connectivity index (χ2v) is 11.1. The molecule has 1 saturated carbocycles. The topological polar surface area (TPSA) is 80.3 Å². The average Bonchev–Trinajstić information content (AvgIpc) is 2.86. The Balaban J connectivity index is 1.75. The lowest BCUT2D eigenvalue weighted by atomic mass is 9.75. The Morgan fingerprint density at radius 2 is 1.68 bits per heavy atom. The number of hydrogen-bond acceptors (Lipinski definition) is 4. The van der Waals surface area contributed by atoms with E-state index in [0.717, 1.165) is 25.7 Å². The molecule has 34 heavy (non-hydrogen) atoms. The Morgan fingerprint density at radius 1 is 1.03 bits per heavy atom. The summed E-state index contributed by atoms with van der Waals surface area (Å²) in [6.07, 6.45) is 7.06. The first-order valence-electron chi connectivity index (χ1n) is 11.9. The molecule has 1 amide bonds. The number of hydrogen-bond donors (Lipinski definition) is 1. The molecule has 1 aliphatic carbocycles. The van der Waals surface area contributed by atoms with Crippen LogP contribution in [0.15, 0.2) is 71.0 Å². The van der Waals surface area contributed by atoms with Crippen LogP contribution in [0.5, 0.6) is 0 Å². The highest BCUT2D eigenvalue weighted by Crippen LogP contribution is 2.33. The number of sulfone groups is 1. The highest BCUT2D eigenvalue weighted by molar-refractivity contribution is 7.94. The van der Waals surface area contributed by atoms with Gasteiger partial charge in [0.2, 0.25) is 5.91 Å². The molecule has 1 N–H and O–H groups in total. The van der Waals surface area contributed by atoms with Crippen molar-refractivity contribution < 1.29 is 18.0 Å². The van der Waals surface area contributed by atoms with Gasteiger partial charge in [0.25, 0.3) is 0 Å². The molecule has 0 aliphatic heterocycles. The van der Waals surface area contributed by atoms with Crippen molar-refractivity contribution in [2.75, 3.05) is 0 Å². The summed E-state index contributed by atoms with van der Waals surface area (Å²) in [5, 5.41) is 4.77. The Hall–Kier alpha value is -2.44. The fourth-order valence-electron chi connectivity index (χ4n) is 4.40. The van der Waals surface area contributed by atoms with Gasteiger partial charge in [0.15, 0.2) is 15.6 Å². The molecule has 2 aromatic rings. The van der Waals surface area contributed by atoms with Crippen LogP contribution >= 0.6 is 11.6 Å². The van der Waals surface area contributed by atoms with Crippen molar-refractivity contribution in [1.82, 2.24) is 5.32 Å². The van der Waals surface area contributed by atoms with Crippen LogP contribution in [0.2, 0.25) is 5.02 Å². The molecule has 0 spiro atoms. The third-order valence-electron chi connectivity index (χ3n) is 6.33. The van der Waals surface area contributed by atoms with Crippen LogP contribution in [0, 0.1) is 11.8 Å². The van der Waals surface area contributed by atoms with Gasteiger partial charge in [-0.15, -0.1) is 0 Å². The summed E-state index contributed by atoms with van der Waals surface area (Å²) in [7, 11) is -3.60. The Bertz CT molecular complexity index is 1100. The fourth-order valence-corrected chi connectivity index (χ4v) is 5.62. The number of halogens is 1. The normalized spacial score (nSPS) is 19.6. The molecular formula is C27H32ClNO4S. The minimum Gasteiger partial charge on any atom is -0.350 e. The zero-order valence-corrected chi connectivity index (χ0v) is 21.0. The van der Waals surface area contributed by atoms with Gasteiger partial charge in [-0.25, -0.2) is 8.42 Å². The summed E-state index contributed by atoms with van der Waals surface area (Å²) in [5.74, 6) is -1.04. The van der Waals surface area contributed by atoms with Crippen molar-refractivity contribution in [2.24, 2.45) is 11.8 Å². The molecule has 3 unspecified atom stereocenters. The van der Waals surface area contributed by atoms with Crippen LogP contribution in [0.25, 0.3) is 0 Å². The van der Waals surface area contributed by atoms with Gasteiger partial charge in [-0.1, -0.05) is 68.5 Å². The van der Waals surface area contributed by atoms with E-state index in [2.05, 4.69) is 5.32 Å². The number of amides is 1. The molecule has 3 atom stereocenters. The Kier molecular flexibility index (Phi) is 9.48. The number of rotatable bonds is 10. The van der Waals surface area contributed by atoms with Gasteiger partial charge >= 0.3 is 0 Å². The van der Waals surface area contributed by atoms with Crippen molar-refractivity contribution in [2.45, 2.75) is 62.8 Å². The molecule has 0 radical (unpaired) electrons. The lowest BCUT2D eigenvalue weighted by molar-refractivity contribution is -0.127. The molecule has 0 saturated heterocycles. The molecule has 0 bridgehead atoms. The predicted octanol–water partition coefficient (Wildman–Crippen LogP) is 5.99. The first kappa shape index (κ1) is 26.2. The predicted molar refractivity (Wildman–Crippen MR) is 135 cm³/mol. The van der Waals surface area contributed by atoms with Crippen LogP contribution in [0.3, 0.4) is 0 Å². The molecule has 2 aromatic carbocycles. The molecule has 0 aromatic heterocycles. The Morgan fingerprint density at radius 3 is 2.32 bits per heavy atom. The quantitative estimate of drug-likeness (QED) is 0.405. The number of nitrogens with one attached hydrogen (secondary N) is 1.